The number of ether oxygens (including phenoxy) is 3. The smallest absolute Gasteiger partial charge is 0.348 e. The molecule has 0 atom stereocenters. The standard InChI is InChI=1S/C22H23N3O6S/c1-12-8-13(2)10-15(9-12)31-11-25-7-6-16(24-25)19(26)23-20-17(21(27)29-4)14(3)18(32-20)22(28)30-5/h6-10H,11H2,1-5H3,(H,23,26). The molecule has 1 aromatic carbocycles. The predicted molar refractivity (Wildman–Crippen MR) is 118 cm³/mol. The van der Waals surface area contributed by atoms with Crippen LogP contribution < -0.4 is 10.1 Å². The van der Waals surface area contributed by atoms with Crippen LogP contribution in [0, 0.1) is 20.8 Å². The van der Waals surface area contributed by atoms with E-state index >= 15 is 0 Å². The van der Waals surface area contributed by atoms with Crippen molar-refractivity contribution in [2.24, 2.45) is 0 Å². The van der Waals surface area contributed by atoms with E-state index in [0.29, 0.717) is 11.3 Å². The van der Waals surface area contributed by atoms with Gasteiger partial charge >= 0.3 is 11.9 Å². The molecule has 2 aromatic heterocycles. The number of aryl methyl sites for hydroxylation is 2. The van der Waals surface area contributed by atoms with Crippen LogP contribution in [0.2, 0.25) is 0 Å². The molecular formula is C22H23N3O6S. The van der Waals surface area contributed by atoms with Crippen LogP contribution in [0.3, 0.4) is 0 Å². The fourth-order valence-corrected chi connectivity index (χ4v) is 4.22. The molecule has 0 aliphatic heterocycles. The fourth-order valence-electron chi connectivity index (χ4n) is 3.12. The van der Waals surface area contributed by atoms with E-state index in [0.717, 1.165) is 22.5 Å². The topological polar surface area (TPSA) is 109 Å². The summed E-state index contributed by atoms with van der Waals surface area (Å²) in [5.41, 5.74) is 2.76. The van der Waals surface area contributed by atoms with Gasteiger partial charge in [0, 0.05) is 6.20 Å². The zero-order valence-corrected chi connectivity index (χ0v) is 19.2. The summed E-state index contributed by atoms with van der Waals surface area (Å²) in [4.78, 5) is 37.1. The summed E-state index contributed by atoms with van der Waals surface area (Å²) >= 11 is 0.936. The van der Waals surface area contributed by atoms with E-state index < -0.39 is 17.8 Å². The van der Waals surface area contributed by atoms with Crippen LogP contribution in [0.4, 0.5) is 5.00 Å². The Kier molecular flexibility index (Phi) is 6.94. The molecule has 10 heteroatoms. The quantitative estimate of drug-likeness (QED) is 0.539. The number of esters is 2. The van der Waals surface area contributed by atoms with E-state index in [9.17, 15) is 14.4 Å². The first-order valence-corrected chi connectivity index (χ1v) is 10.4. The predicted octanol–water partition coefficient (Wildman–Crippen LogP) is 3.73. The first-order chi connectivity index (χ1) is 15.2. The molecule has 0 aliphatic carbocycles. The van der Waals surface area contributed by atoms with Gasteiger partial charge in [-0.2, -0.15) is 5.10 Å². The van der Waals surface area contributed by atoms with Gasteiger partial charge in [-0.3, -0.25) is 4.79 Å². The third-order valence-corrected chi connectivity index (χ3v) is 5.75. The fraction of sp³-hybridized carbons (Fsp3) is 0.273. The zero-order chi connectivity index (χ0) is 23.4. The van der Waals surface area contributed by atoms with Gasteiger partial charge in [0.15, 0.2) is 12.4 Å². The number of benzene rings is 1. The minimum Gasteiger partial charge on any atom is -0.471 e. The third kappa shape index (κ3) is 4.97. The van der Waals surface area contributed by atoms with E-state index in [1.807, 2.05) is 32.0 Å². The van der Waals surface area contributed by atoms with Gasteiger partial charge < -0.3 is 19.5 Å². The van der Waals surface area contributed by atoms with E-state index in [4.69, 9.17) is 14.2 Å². The van der Waals surface area contributed by atoms with Gasteiger partial charge in [-0.1, -0.05) is 6.07 Å². The van der Waals surface area contributed by atoms with Gasteiger partial charge in [-0.05, 0) is 55.7 Å². The maximum Gasteiger partial charge on any atom is 0.348 e. The Morgan fingerprint density at radius 3 is 2.31 bits per heavy atom. The minimum absolute atomic E-state index is 0.101. The molecule has 0 bridgehead atoms. The third-order valence-electron chi connectivity index (χ3n) is 4.57. The zero-order valence-electron chi connectivity index (χ0n) is 18.3. The molecule has 32 heavy (non-hydrogen) atoms. The summed E-state index contributed by atoms with van der Waals surface area (Å²) in [6.07, 6.45) is 1.61. The Bertz CT molecular complexity index is 1160. The number of methoxy groups -OCH3 is 2. The highest BCUT2D eigenvalue weighted by atomic mass is 32.1. The molecule has 0 saturated carbocycles. The van der Waals surface area contributed by atoms with Crippen LogP contribution in [-0.4, -0.2) is 41.8 Å². The van der Waals surface area contributed by atoms with Crippen LogP contribution in [0.5, 0.6) is 5.75 Å². The molecule has 0 unspecified atom stereocenters. The summed E-state index contributed by atoms with van der Waals surface area (Å²) < 4.78 is 16.8. The number of anilines is 1. The van der Waals surface area contributed by atoms with Crippen LogP contribution in [-0.2, 0) is 16.2 Å². The molecule has 2 heterocycles. The largest absolute Gasteiger partial charge is 0.471 e. The molecule has 3 rings (SSSR count). The lowest BCUT2D eigenvalue weighted by molar-refractivity contribution is 0.0601. The number of rotatable bonds is 7. The molecule has 0 aliphatic rings. The van der Waals surface area contributed by atoms with E-state index in [2.05, 4.69) is 10.4 Å². The molecule has 0 fully saturated rings. The summed E-state index contributed by atoms with van der Waals surface area (Å²) in [5, 5.41) is 7.04. The number of hydrogen-bond acceptors (Lipinski definition) is 8. The minimum atomic E-state index is -0.670. The number of thiophene rings is 1. The molecule has 9 nitrogen and oxygen atoms in total. The van der Waals surface area contributed by atoms with Crippen molar-refractivity contribution in [2.45, 2.75) is 27.5 Å². The van der Waals surface area contributed by atoms with Crippen LogP contribution >= 0.6 is 11.3 Å². The first-order valence-electron chi connectivity index (χ1n) is 9.59. The van der Waals surface area contributed by atoms with E-state index in [1.54, 1.807) is 13.1 Å². The Hall–Kier alpha value is -3.66. The molecule has 0 spiro atoms. The number of carbonyl (C=O) groups excluding carboxylic acids is 3. The van der Waals surface area contributed by atoms with Crippen molar-refractivity contribution >= 4 is 34.2 Å². The lowest BCUT2D eigenvalue weighted by atomic mass is 10.1. The molecule has 3 aromatic rings. The van der Waals surface area contributed by atoms with E-state index in [1.165, 1.54) is 25.0 Å². The van der Waals surface area contributed by atoms with Crippen molar-refractivity contribution in [2.75, 3.05) is 19.5 Å². The van der Waals surface area contributed by atoms with Gasteiger partial charge in [0.25, 0.3) is 5.91 Å². The molecule has 168 valence electrons. The van der Waals surface area contributed by atoms with Crippen LogP contribution in [0.15, 0.2) is 30.5 Å². The summed E-state index contributed by atoms with van der Waals surface area (Å²) in [6, 6.07) is 7.40. The second kappa shape index (κ2) is 9.65. The lowest BCUT2D eigenvalue weighted by Gasteiger charge is -2.08. The highest BCUT2D eigenvalue weighted by Crippen LogP contribution is 2.34. The molecule has 1 N–H and O–H groups in total. The van der Waals surface area contributed by atoms with Gasteiger partial charge in [0.05, 0.1) is 19.8 Å². The normalized spacial score (nSPS) is 10.5. The molecule has 1 amide bonds. The van der Waals surface area contributed by atoms with Gasteiger partial charge in [-0.15, -0.1) is 11.3 Å². The summed E-state index contributed by atoms with van der Waals surface area (Å²) in [7, 11) is 2.46. The maximum absolute atomic E-state index is 12.7. The number of carbonyl (C=O) groups is 3. The number of aromatic nitrogens is 2. The second-order valence-corrected chi connectivity index (χ2v) is 8.06. The van der Waals surface area contributed by atoms with Crippen molar-refractivity contribution in [3.63, 3.8) is 0 Å². The Balaban J connectivity index is 1.76. The van der Waals surface area contributed by atoms with Gasteiger partial charge in [0.2, 0.25) is 0 Å². The Morgan fingerprint density at radius 1 is 1.03 bits per heavy atom. The molecule has 0 radical (unpaired) electrons. The second-order valence-electron chi connectivity index (χ2n) is 7.03. The van der Waals surface area contributed by atoms with Crippen LogP contribution in [0.1, 0.15) is 47.2 Å². The lowest BCUT2D eigenvalue weighted by Crippen LogP contribution is -2.16. The number of nitrogens with zero attached hydrogens (tertiary/aromatic N) is 2. The number of amides is 1. The summed E-state index contributed by atoms with van der Waals surface area (Å²) in [5.74, 6) is -1.11. The SMILES string of the molecule is COC(=O)c1sc(NC(=O)c2ccn(COc3cc(C)cc(C)c3)n2)c(C(=O)OC)c1C. The molecule has 0 saturated heterocycles. The highest BCUT2D eigenvalue weighted by molar-refractivity contribution is 7.18. The van der Waals surface area contributed by atoms with Crippen molar-refractivity contribution in [1.82, 2.24) is 9.78 Å². The van der Waals surface area contributed by atoms with E-state index in [-0.39, 0.29) is 27.9 Å². The van der Waals surface area contributed by atoms with Crippen molar-refractivity contribution < 1.29 is 28.6 Å². The highest BCUT2D eigenvalue weighted by Gasteiger charge is 2.27. The van der Waals surface area contributed by atoms with Gasteiger partial charge in [-0.25, -0.2) is 14.3 Å². The first kappa shape index (κ1) is 23.0. The van der Waals surface area contributed by atoms with Crippen molar-refractivity contribution in [3.8, 4) is 5.75 Å². The Morgan fingerprint density at radius 2 is 1.69 bits per heavy atom. The number of nitrogens with one attached hydrogen (secondary N) is 1. The van der Waals surface area contributed by atoms with Gasteiger partial charge in [0.1, 0.15) is 15.6 Å². The maximum atomic E-state index is 12.7. The monoisotopic (exact) mass is 457 g/mol. The average Bonchev–Trinajstić information content (AvgIpc) is 3.35. The molecular weight excluding hydrogens is 434 g/mol. The average molecular weight is 458 g/mol. The van der Waals surface area contributed by atoms with Crippen molar-refractivity contribution in [1.29, 1.82) is 0 Å². The number of hydrogen-bond donors (Lipinski definition) is 1. The summed E-state index contributed by atoms with van der Waals surface area (Å²) in [6.45, 7) is 5.67. The Labute approximate surface area is 188 Å². The van der Waals surface area contributed by atoms with Crippen LogP contribution in [0.25, 0.3) is 0 Å². The van der Waals surface area contributed by atoms with Crippen molar-refractivity contribution in [3.05, 3.63) is 63.3 Å².